The zero-order chi connectivity index (χ0) is 14.8. The van der Waals surface area contributed by atoms with Gasteiger partial charge in [-0.15, -0.1) is 0 Å². The summed E-state index contributed by atoms with van der Waals surface area (Å²) in [5.74, 6) is 0. The lowest BCUT2D eigenvalue weighted by Crippen LogP contribution is -2.23. The number of benzene rings is 2. The van der Waals surface area contributed by atoms with Crippen molar-refractivity contribution in [2.75, 3.05) is 6.26 Å². The minimum Gasteiger partial charge on any atom is -0.283 e. The first kappa shape index (κ1) is 14.2. The van der Waals surface area contributed by atoms with Gasteiger partial charge in [0.2, 0.25) is 0 Å². The molecule has 3 rings (SSSR count). The normalized spacial score (nSPS) is 11.0. The van der Waals surface area contributed by atoms with Crippen molar-refractivity contribution in [1.29, 1.82) is 0 Å². The molecule has 0 spiro atoms. The van der Waals surface area contributed by atoms with E-state index in [-0.39, 0.29) is 5.56 Å². The summed E-state index contributed by atoms with van der Waals surface area (Å²) in [5, 5.41) is 2.01. The zero-order valence-electron chi connectivity index (χ0n) is 11.4. The maximum absolute atomic E-state index is 12.7. The van der Waals surface area contributed by atoms with Crippen LogP contribution in [0.1, 0.15) is 5.56 Å². The second-order valence-electron chi connectivity index (χ2n) is 4.64. The first-order chi connectivity index (χ1) is 10.2. The average molecular weight is 317 g/mol. The fourth-order valence-electron chi connectivity index (χ4n) is 2.26. The van der Waals surface area contributed by atoms with Gasteiger partial charge in [0.25, 0.3) is 5.56 Å². The number of rotatable bonds is 3. The molecule has 3 nitrogen and oxygen atoms in total. The van der Waals surface area contributed by atoms with Gasteiger partial charge in [0.15, 0.2) is 5.16 Å². The Morgan fingerprint density at radius 3 is 2.76 bits per heavy atom. The molecule has 1 aromatic heterocycles. The Labute approximate surface area is 131 Å². The molecule has 0 aliphatic carbocycles. The molecule has 0 N–H and O–H groups in total. The molecule has 1 heterocycles. The number of para-hydroxylation sites is 1. The third kappa shape index (κ3) is 2.82. The fourth-order valence-corrected chi connectivity index (χ4v) is 3.03. The van der Waals surface area contributed by atoms with Crippen molar-refractivity contribution in [2.45, 2.75) is 11.7 Å². The Balaban J connectivity index is 2.17. The quantitative estimate of drug-likeness (QED) is 0.544. The van der Waals surface area contributed by atoms with E-state index < -0.39 is 0 Å². The van der Waals surface area contributed by atoms with Crippen LogP contribution < -0.4 is 5.56 Å². The van der Waals surface area contributed by atoms with Crippen molar-refractivity contribution in [3.8, 4) is 0 Å². The zero-order valence-corrected chi connectivity index (χ0v) is 13.0. The highest BCUT2D eigenvalue weighted by molar-refractivity contribution is 7.98. The molecule has 0 atom stereocenters. The van der Waals surface area contributed by atoms with Crippen molar-refractivity contribution in [3.63, 3.8) is 0 Å². The van der Waals surface area contributed by atoms with E-state index in [1.165, 1.54) is 11.8 Å². The van der Waals surface area contributed by atoms with E-state index in [4.69, 9.17) is 11.6 Å². The Morgan fingerprint density at radius 1 is 1.19 bits per heavy atom. The third-order valence-corrected chi connectivity index (χ3v) is 4.15. The van der Waals surface area contributed by atoms with Crippen LogP contribution in [0, 0.1) is 0 Å². The molecule has 0 unspecified atom stereocenters. The van der Waals surface area contributed by atoms with Crippen LogP contribution in [-0.4, -0.2) is 15.8 Å². The highest BCUT2D eigenvalue weighted by Crippen LogP contribution is 2.17. The number of hydrogen-bond acceptors (Lipinski definition) is 3. The predicted octanol–water partition coefficient (Wildman–Crippen LogP) is 3.82. The van der Waals surface area contributed by atoms with Gasteiger partial charge in [0.05, 0.1) is 17.4 Å². The lowest BCUT2D eigenvalue weighted by molar-refractivity contribution is 0.659. The van der Waals surface area contributed by atoms with E-state index in [9.17, 15) is 4.79 Å². The molecule has 106 valence electrons. The molecule has 0 saturated heterocycles. The lowest BCUT2D eigenvalue weighted by atomic mass is 10.2. The van der Waals surface area contributed by atoms with E-state index >= 15 is 0 Å². The van der Waals surface area contributed by atoms with Crippen LogP contribution in [0.2, 0.25) is 5.02 Å². The summed E-state index contributed by atoms with van der Waals surface area (Å²) in [4.78, 5) is 17.2. The molecule has 0 saturated carbocycles. The highest BCUT2D eigenvalue weighted by Gasteiger charge is 2.10. The van der Waals surface area contributed by atoms with Gasteiger partial charge in [-0.05, 0) is 36.1 Å². The molecule has 0 bridgehead atoms. The maximum atomic E-state index is 12.7. The van der Waals surface area contributed by atoms with Gasteiger partial charge < -0.3 is 0 Å². The number of hydrogen-bond donors (Lipinski definition) is 0. The van der Waals surface area contributed by atoms with E-state index in [1.807, 2.05) is 54.8 Å². The number of halogens is 1. The molecular formula is C16H13ClN2OS. The largest absolute Gasteiger partial charge is 0.283 e. The summed E-state index contributed by atoms with van der Waals surface area (Å²) in [6, 6.07) is 14.9. The summed E-state index contributed by atoms with van der Waals surface area (Å²) in [7, 11) is 0. The molecule has 0 fully saturated rings. The van der Waals surface area contributed by atoms with Crippen molar-refractivity contribution in [1.82, 2.24) is 9.55 Å². The van der Waals surface area contributed by atoms with Crippen molar-refractivity contribution in [2.24, 2.45) is 0 Å². The minimum absolute atomic E-state index is 0.0232. The van der Waals surface area contributed by atoms with E-state index in [1.54, 1.807) is 4.57 Å². The standard InChI is InChI=1S/C16H13ClN2OS/c1-21-16-18-14-8-3-2-7-13(14)15(20)19(16)10-11-5-4-6-12(17)9-11/h2-9H,10H2,1H3. The number of aromatic nitrogens is 2. The molecule has 5 heteroatoms. The van der Waals surface area contributed by atoms with Crippen LogP contribution in [0.25, 0.3) is 10.9 Å². The van der Waals surface area contributed by atoms with Gasteiger partial charge in [-0.3, -0.25) is 9.36 Å². The Kier molecular flexibility index (Phi) is 3.99. The van der Waals surface area contributed by atoms with E-state index in [0.29, 0.717) is 22.1 Å². The summed E-state index contributed by atoms with van der Waals surface area (Å²) in [5.41, 5.74) is 1.69. The summed E-state index contributed by atoms with van der Waals surface area (Å²) in [6.45, 7) is 0.466. The summed E-state index contributed by atoms with van der Waals surface area (Å²) >= 11 is 7.48. The fraction of sp³-hybridized carbons (Fsp3) is 0.125. The van der Waals surface area contributed by atoms with Gasteiger partial charge in [-0.1, -0.05) is 47.6 Å². The van der Waals surface area contributed by atoms with Crippen LogP contribution in [0.4, 0.5) is 0 Å². The monoisotopic (exact) mass is 316 g/mol. The van der Waals surface area contributed by atoms with Crippen LogP contribution >= 0.6 is 23.4 Å². The summed E-state index contributed by atoms with van der Waals surface area (Å²) < 4.78 is 1.69. The van der Waals surface area contributed by atoms with Gasteiger partial charge >= 0.3 is 0 Å². The average Bonchev–Trinajstić information content (AvgIpc) is 2.50. The molecule has 3 aromatic rings. The molecule has 21 heavy (non-hydrogen) atoms. The maximum Gasteiger partial charge on any atom is 0.262 e. The Hall–Kier alpha value is -1.78. The molecular weight excluding hydrogens is 304 g/mol. The SMILES string of the molecule is CSc1nc2ccccc2c(=O)n1Cc1cccc(Cl)c1. The Morgan fingerprint density at radius 2 is 2.00 bits per heavy atom. The van der Waals surface area contributed by atoms with Crippen molar-refractivity contribution in [3.05, 3.63) is 69.5 Å². The molecule has 0 aliphatic rings. The first-order valence-electron chi connectivity index (χ1n) is 6.47. The predicted molar refractivity (Wildman–Crippen MR) is 88.3 cm³/mol. The van der Waals surface area contributed by atoms with Gasteiger partial charge in [-0.2, -0.15) is 0 Å². The van der Waals surface area contributed by atoms with Gasteiger partial charge in [-0.25, -0.2) is 4.98 Å². The minimum atomic E-state index is -0.0232. The van der Waals surface area contributed by atoms with Gasteiger partial charge in [0.1, 0.15) is 0 Å². The molecule has 2 aromatic carbocycles. The third-order valence-electron chi connectivity index (χ3n) is 3.24. The first-order valence-corrected chi connectivity index (χ1v) is 8.07. The molecule has 0 amide bonds. The van der Waals surface area contributed by atoms with Crippen molar-refractivity contribution >= 4 is 34.3 Å². The van der Waals surface area contributed by atoms with Crippen LogP contribution in [0.3, 0.4) is 0 Å². The lowest BCUT2D eigenvalue weighted by Gasteiger charge is -2.12. The van der Waals surface area contributed by atoms with Gasteiger partial charge in [0, 0.05) is 5.02 Å². The molecule has 0 radical (unpaired) electrons. The van der Waals surface area contributed by atoms with Crippen LogP contribution in [0.15, 0.2) is 58.5 Å². The number of nitrogens with zero attached hydrogens (tertiary/aromatic N) is 2. The second kappa shape index (κ2) is 5.92. The Bertz CT molecular complexity index is 860. The van der Waals surface area contributed by atoms with Crippen molar-refractivity contribution < 1.29 is 0 Å². The van der Waals surface area contributed by atoms with E-state index in [0.717, 1.165) is 11.1 Å². The van der Waals surface area contributed by atoms with Crippen LogP contribution in [0.5, 0.6) is 0 Å². The van der Waals surface area contributed by atoms with E-state index in [2.05, 4.69) is 4.98 Å². The smallest absolute Gasteiger partial charge is 0.262 e. The topological polar surface area (TPSA) is 34.9 Å². The molecule has 0 aliphatic heterocycles. The van der Waals surface area contributed by atoms with Crippen LogP contribution in [-0.2, 0) is 6.54 Å². The number of fused-ring (bicyclic) bond motifs is 1. The summed E-state index contributed by atoms with van der Waals surface area (Å²) in [6.07, 6.45) is 1.92. The second-order valence-corrected chi connectivity index (χ2v) is 5.85. The highest BCUT2D eigenvalue weighted by atomic mass is 35.5. The number of thioether (sulfide) groups is 1.